The molecule has 52 heavy (non-hydrogen) atoms. The van der Waals surface area contributed by atoms with Gasteiger partial charge in [0.1, 0.15) is 11.2 Å². The molecule has 11 rings (SSSR count). The van der Waals surface area contributed by atoms with Gasteiger partial charge in [0.15, 0.2) is 17.5 Å². The van der Waals surface area contributed by atoms with Crippen molar-refractivity contribution in [3.05, 3.63) is 174 Å². The lowest BCUT2D eigenvalue weighted by Gasteiger charge is -2.35. The van der Waals surface area contributed by atoms with E-state index in [-0.39, 0.29) is 0 Å². The third kappa shape index (κ3) is 4.59. The molecule has 1 aliphatic heterocycles. The molecule has 5 nitrogen and oxygen atoms in total. The highest BCUT2D eigenvalue weighted by Crippen LogP contribution is 2.56. The summed E-state index contributed by atoms with van der Waals surface area (Å²) in [6, 6.07) is 42.4. The molecule has 2 unspecified atom stereocenters. The van der Waals surface area contributed by atoms with Crippen LogP contribution in [0.3, 0.4) is 0 Å². The molecule has 0 radical (unpaired) electrons. The number of rotatable bonds is 4. The fraction of sp³-hybridized carbons (Fsp3) is 0.128. The molecule has 4 aliphatic rings. The number of hydrogen-bond donors (Lipinski definition) is 0. The molecule has 3 aliphatic carbocycles. The Hall–Kier alpha value is -6.33. The van der Waals surface area contributed by atoms with E-state index in [0.29, 0.717) is 29.3 Å². The highest BCUT2D eigenvalue weighted by atomic mass is 16.3. The first-order chi connectivity index (χ1) is 25.8. The topological polar surface area (TPSA) is 55.1 Å². The Morgan fingerprint density at radius 2 is 1.33 bits per heavy atom. The minimum Gasteiger partial charge on any atom is -0.456 e. The summed E-state index contributed by atoms with van der Waals surface area (Å²) in [4.78, 5) is 17.7. The molecule has 5 aromatic carbocycles. The van der Waals surface area contributed by atoms with Gasteiger partial charge in [-0.3, -0.25) is 0 Å². The van der Waals surface area contributed by atoms with Crippen molar-refractivity contribution >= 4 is 33.2 Å². The lowest BCUT2D eigenvalue weighted by molar-refractivity contribution is 0.480. The smallest absolute Gasteiger partial charge is 0.164 e. The van der Waals surface area contributed by atoms with E-state index in [1.54, 1.807) is 0 Å². The summed E-state index contributed by atoms with van der Waals surface area (Å²) in [5.74, 6) is 2.80. The maximum atomic E-state index is 6.12. The van der Waals surface area contributed by atoms with E-state index in [1.807, 2.05) is 48.5 Å². The zero-order valence-electron chi connectivity index (χ0n) is 28.5. The number of nitrogens with zero attached hydrogens (tertiary/aromatic N) is 4. The molecule has 0 N–H and O–H groups in total. The van der Waals surface area contributed by atoms with E-state index in [2.05, 4.69) is 102 Å². The number of benzene rings is 5. The molecule has 0 bridgehead atoms. The highest BCUT2D eigenvalue weighted by Gasteiger charge is 2.45. The van der Waals surface area contributed by atoms with E-state index in [1.165, 1.54) is 45.8 Å². The van der Waals surface area contributed by atoms with Crippen molar-refractivity contribution in [1.82, 2.24) is 15.0 Å². The molecule has 2 aromatic heterocycles. The van der Waals surface area contributed by atoms with Crippen LogP contribution in [0.5, 0.6) is 0 Å². The number of furan rings is 1. The van der Waals surface area contributed by atoms with Gasteiger partial charge in [-0.25, -0.2) is 15.0 Å². The van der Waals surface area contributed by atoms with Gasteiger partial charge in [-0.1, -0.05) is 91.0 Å². The summed E-state index contributed by atoms with van der Waals surface area (Å²) in [6.45, 7) is 0. The predicted octanol–water partition coefficient (Wildman–Crippen LogP) is 11.4. The summed E-state index contributed by atoms with van der Waals surface area (Å²) >= 11 is 0. The first kappa shape index (κ1) is 29.4. The SMILES string of the molecule is C1=CC2=CC=C3C(C4=C(CCc5ccccc54)N3c3ccc(-c4nc(-c5ccccc5)nc(-c5ccc6oc7ccccc7c6c5)n4)cc3)C2CC1. The molecule has 5 heteroatoms. The van der Waals surface area contributed by atoms with Gasteiger partial charge >= 0.3 is 0 Å². The third-order valence-electron chi connectivity index (χ3n) is 11.3. The van der Waals surface area contributed by atoms with Crippen LogP contribution < -0.4 is 4.90 Å². The van der Waals surface area contributed by atoms with Crippen LogP contribution in [-0.2, 0) is 6.42 Å². The molecule has 0 amide bonds. The van der Waals surface area contributed by atoms with Gasteiger partial charge in [0.25, 0.3) is 0 Å². The van der Waals surface area contributed by atoms with Crippen molar-refractivity contribution in [2.45, 2.75) is 25.7 Å². The van der Waals surface area contributed by atoms with Gasteiger partial charge in [0.2, 0.25) is 0 Å². The Balaban J connectivity index is 1.02. The molecule has 0 saturated carbocycles. The van der Waals surface area contributed by atoms with Gasteiger partial charge in [0, 0.05) is 50.5 Å². The van der Waals surface area contributed by atoms with Crippen molar-refractivity contribution in [1.29, 1.82) is 0 Å². The summed E-state index contributed by atoms with van der Waals surface area (Å²) in [7, 11) is 0. The molecule has 0 saturated heterocycles. The van der Waals surface area contributed by atoms with Gasteiger partial charge in [-0.2, -0.15) is 0 Å². The molecule has 0 fully saturated rings. The van der Waals surface area contributed by atoms with Gasteiger partial charge in [-0.15, -0.1) is 0 Å². The summed E-state index contributed by atoms with van der Waals surface area (Å²) < 4.78 is 6.12. The molecule has 7 aromatic rings. The third-order valence-corrected chi connectivity index (χ3v) is 11.3. The van der Waals surface area contributed by atoms with Gasteiger partial charge < -0.3 is 9.32 Å². The average molecular weight is 671 g/mol. The van der Waals surface area contributed by atoms with Crippen molar-refractivity contribution < 1.29 is 4.42 Å². The predicted molar refractivity (Wildman–Crippen MR) is 209 cm³/mol. The summed E-state index contributed by atoms with van der Waals surface area (Å²) in [5, 5.41) is 2.13. The minimum absolute atomic E-state index is 0.366. The molecule has 248 valence electrons. The van der Waals surface area contributed by atoms with Crippen LogP contribution in [-0.4, -0.2) is 15.0 Å². The molecule has 0 spiro atoms. The Kier molecular flexibility index (Phi) is 6.56. The standard InChI is InChI=1S/C47H34N4O/c1-2-12-31(13-3-1)45-48-46(50-47(49-45)33-22-27-42-38(28-33)37-16-8-9-17-41(37)52-42)32-18-23-34(24-19-32)51-39-25-20-29-10-4-6-14-35(29)43(39)44-36-15-7-5-11-30(36)21-26-40(44)51/h1-6,8-14,16-19,21-24,26-28,36,44H,7,15,20,25H2. The first-order valence-corrected chi connectivity index (χ1v) is 18.3. The number of fused-ring (bicyclic) bond motifs is 9. The fourth-order valence-corrected chi connectivity index (χ4v) is 8.94. The molecular weight excluding hydrogens is 637 g/mol. The Morgan fingerprint density at radius 1 is 0.615 bits per heavy atom. The number of anilines is 1. The number of hydrogen-bond acceptors (Lipinski definition) is 5. The Labute approximate surface area is 302 Å². The zero-order valence-corrected chi connectivity index (χ0v) is 28.5. The lowest BCUT2D eigenvalue weighted by atomic mass is 9.70. The second-order valence-electron chi connectivity index (χ2n) is 14.2. The number of aromatic nitrogens is 3. The van der Waals surface area contributed by atoms with E-state index >= 15 is 0 Å². The normalized spacial score (nSPS) is 18.9. The van der Waals surface area contributed by atoms with Crippen molar-refractivity contribution in [2.24, 2.45) is 11.8 Å². The van der Waals surface area contributed by atoms with Crippen LogP contribution in [0.4, 0.5) is 5.69 Å². The van der Waals surface area contributed by atoms with Crippen LogP contribution in [0.2, 0.25) is 0 Å². The number of para-hydroxylation sites is 1. The molecule has 3 heterocycles. The zero-order chi connectivity index (χ0) is 34.2. The lowest BCUT2D eigenvalue weighted by Crippen LogP contribution is -2.26. The van der Waals surface area contributed by atoms with Crippen LogP contribution in [0.1, 0.15) is 30.4 Å². The van der Waals surface area contributed by atoms with E-state index in [0.717, 1.165) is 57.9 Å². The van der Waals surface area contributed by atoms with Crippen molar-refractivity contribution in [3.63, 3.8) is 0 Å². The fourth-order valence-electron chi connectivity index (χ4n) is 8.94. The second kappa shape index (κ2) is 11.6. The number of allylic oxidation sites excluding steroid dienone is 7. The van der Waals surface area contributed by atoms with Crippen molar-refractivity contribution in [2.75, 3.05) is 4.90 Å². The molecular formula is C47H34N4O. The largest absolute Gasteiger partial charge is 0.456 e. The van der Waals surface area contributed by atoms with Crippen LogP contribution in [0, 0.1) is 11.8 Å². The van der Waals surface area contributed by atoms with Crippen molar-refractivity contribution in [3.8, 4) is 34.2 Å². The van der Waals surface area contributed by atoms with Gasteiger partial charge in [0.05, 0.1) is 0 Å². The van der Waals surface area contributed by atoms with E-state index in [4.69, 9.17) is 19.4 Å². The number of aryl methyl sites for hydroxylation is 1. The van der Waals surface area contributed by atoms with Crippen LogP contribution >= 0.6 is 0 Å². The van der Waals surface area contributed by atoms with Gasteiger partial charge in [-0.05, 0) is 108 Å². The van der Waals surface area contributed by atoms with Crippen LogP contribution in [0.15, 0.2) is 167 Å². The Bertz CT molecular complexity index is 2700. The maximum absolute atomic E-state index is 6.12. The average Bonchev–Trinajstić information content (AvgIpc) is 3.77. The summed E-state index contributed by atoms with van der Waals surface area (Å²) in [5.41, 5.74) is 14.5. The highest BCUT2D eigenvalue weighted by molar-refractivity contribution is 6.06. The monoisotopic (exact) mass is 670 g/mol. The minimum atomic E-state index is 0.366. The Morgan fingerprint density at radius 3 is 2.19 bits per heavy atom. The van der Waals surface area contributed by atoms with Crippen LogP contribution in [0.25, 0.3) is 61.7 Å². The summed E-state index contributed by atoms with van der Waals surface area (Å²) in [6.07, 6.45) is 13.9. The molecule has 2 atom stereocenters. The van der Waals surface area contributed by atoms with E-state index in [9.17, 15) is 0 Å². The van der Waals surface area contributed by atoms with E-state index < -0.39 is 0 Å². The first-order valence-electron chi connectivity index (χ1n) is 18.3. The second-order valence-corrected chi connectivity index (χ2v) is 14.2. The quantitative estimate of drug-likeness (QED) is 0.187. The maximum Gasteiger partial charge on any atom is 0.164 e.